The van der Waals surface area contributed by atoms with Gasteiger partial charge in [0.05, 0.1) is 33.3 Å². The van der Waals surface area contributed by atoms with E-state index in [-0.39, 0.29) is 0 Å². The molecule has 0 aliphatic rings. The first-order chi connectivity index (χ1) is 27.8. The van der Waals surface area contributed by atoms with Gasteiger partial charge in [-0.3, -0.25) is 4.57 Å². The van der Waals surface area contributed by atoms with Crippen LogP contribution in [0.5, 0.6) is 0 Å². The highest BCUT2D eigenvalue weighted by Gasteiger charge is 2.22. The summed E-state index contributed by atoms with van der Waals surface area (Å²) < 4.78 is 4.68. The van der Waals surface area contributed by atoms with Gasteiger partial charge in [-0.25, -0.2) is 9.97 Å². The van der Waals surface area contributed by atoms with Crippen molar-refractivity contribution in [2.75, 3.05) is 0 Å². The fraction of sp³-hybridized carbons (Fsp3) is 0. The number of benzene rings is 9. The summed E-state index contributed by atoms with van der Waals surface area (Å²) in [5.41, 5.74) is 10.8. The second kappa shape index (κ2) is 12.0. The fourth-order valence-electron chi connectivity index (χ4n) is 9.00. The zero-order chi connectivity index (χ0) is 36.7. The lowest BCUT2D eigenvalue weighted by atomic mass is 9.98. The topological polar surface area (TPSA) is 35.6 Å². The van der Waals surface area contributed by atoms with Gasteiger partial charge in [0, 0.05) is 38.2 Å². The van der Waals surface area contributed by atoms with Crippen LogP contribution in [0.1, 0.15) is 0 Å². The predicted octanol–water partition coefficient (Wildman–Crippen LogP) is 13.5. The smallest absolute Gasteiger partial charge is 0.235 e. The number of para-hydroxylation sites is 3. The molecule has 0 amide bonds. The van der Waals surface area contributed by atoms with Gasteiger partial charge in [-0.1, -0.05) is 146 Å². The van der Waals surface area contributed by atoms with E-state index in [4.69, 9.17) is 9.97 Å². The molecule has 260 valence electrons. The predicted molar refractivity (Wildman–Crippen MR) is 234 cm³/mol. The molecule has 12 aromatic rings. The van der Waals surface area contributed by atoms with Gasteiger partial charge in [-0.2, -0.15) is 0 Å². The van der Waals surface area contributed by atoms with Gasteiger partial charge in [0.1, 0.15) is 0 Å². The molecule has 0 saturated carbocycles. The molecule has 0 radical (unpaired) electrons. The molecule has 9 aromatic carbocycles. The van der Waals surface area contributed by atoms with Crippen LogP contribution in [0.2, 0.25) is 0 Å². The lowest BCUT2D eigenvalue weighted by molar-refractivity contribution is 1.01. The highest BCUT2D eigenvalue weighted by atomic mass is 15.2. The van der Waals surface area contributed by atoms with Gasteiger partial charge in [-0.05, 0) is 81.2 Å². The van der Waals surface area contributed by atoms with E-state index in [1.165, 1.54) is 54.2 Å². The molecule has 0 spiro atoms. The number of fused-ring (bicyclic) bond motifs is 11. The normalized spacial score (nSPS) is 11.9. The van der Waals surface area contributed by atoms with E-state index in [0.29, 0.717) is 5.95 Å². The van der Waals surface area contributed by atoms with Crippen molar-refractivity contribution in [2.24, 2.45) is 0 Å². The summed E-state index contributed by atoms with van der Waals surface area (Å²) in [6.07, 6.45) is 0. The van der Waals surface area contributed by atoms with E-state index < -0.39 is 0 Å². The Hall–Kier alpha value is -7.56. The van der Waals surface area contributed by atoms with Crippen LogP contribution in [0, 0.1) is 0 Å². The highest BCUT2D eigenvalue weighted by molar-refractivity contribution is 6.28. The minimum Gasteiger partial charge on any atom is -0.309 e. The largest absolute Gasteiger partial charge is 0.309 e. The Kier molecular flexibility index (Phi) is 6.60. The Labute approximate surface area is 322 Å². The van der Waals surface area contributed by atoms with Crippen LogP contribution in [0.15, 0.2) is 194 Å². The zero-order valence-electron chi connectivity index (χ0n) is 30.3. The average Bonchev–Trinajstić information content (AvgIpc) is 3.77. The molecule has 0 saturated heterocycles. The molecule has 56 heavy (non-hydrogen) atoms. The third kappa shape index (κ3) is 4.53. The maximum absolute atomic E-state index is 5.47. The summed E-state index contributed by atoms with van der Waals surface area (Å²) in [4.78, 5) is 10.8. The van der Waals surface area contributed by atoms with E-state index in [1.807, 2.05) is 0 Å². The van der Waals surface area contributed by atoms with Gasteiger partial charge in [-0.15, -0.1) is 0 Å². The Morgan fingerprint density at radius 3 is 1.88 bits per heavy atom. The van der Waals surface area contributed by atoms with Gasteiger partial charge < -0.3 is 4.57 Å². The number of hydrogen-bond acceptors (Lipinski definition) is 2. The molecular weight excluding hydrogens is 681 g/mol. The van der Waals surface area contributed by atoms with Crippen molar-refractivity contribution < 1.29 is 0 Å². The molecule has 12 rings (SSSR count). The maximum Gasteiger partial charge on any atom is 0.235 e. The van der Waals surface area contributed by atoms with Crippen molar-refractivity contribution in [1.82, 2.24) is 19.1 Å². The Morgan fingerprint density at radius 2 is 1.00 bits per heavy atom. The molecule has 3 aromatic heterocycles. The summed E-state index contributed by atoms with van der Waals surface area (Å²) in [5.74, 6) is 0.647. The summed E-state index contributed by atoms with van der Waals surface area (Å²) in [7, 11) is 0. The molecule has 0 N–H and O–H groups in total. The maximum atomic E-state index is 5.47. The van der Waals surface area contributed by atoms with Crippen LogP contribution < -0.4 is 0 Å². The van der Waals surface area contributed by atoms with Crippen LogP contribution in [0.25, 0.3) is 110 Å². The monoisotopic (exact) mass is 712 g/mol. The van der Waals surface area contributed by atoms with Crippen molar-refractivity contribution in [2.45, 2.75) is 0 Å². The van der Waals surface area contributed by atoms with Crippen molar-refractivity contribution >= 4 is 76.1 Å². The molecule has 0 atom stereocenters. The molecule has 4 nitrogen and oxygen atoms in total. The number of rotatable bonds is 4. The minimum atomic E-state index is 0.647. The highest BCUT2D eigenvalue weighted by Crippen LogP contribution is 2.43. The van der Waals surface area contributed by atoms with Crippen molar-refractivity contribution in [1.29, 1.82) is 0 Å². The molecule has 0 aliphatic carbocycles. The van der Waals surface area contributed by atoms with Gasteiger partial charge >= 0.3 is 0 Å². The molecule has 0 fully saturated rings. The quantitative estimate of drug-likeness (QED) is 0.170. The number of hydrogen-bond donors (Lipinski definition) is 0. The zero-order valence-corrected chi connectivity index (χ0v) is 30.3. The molecule has 0 aliphatic heterocycles. The average molecular weight is 713 g/mol. The number of aromatic nitrogens is 4. The van der Waals surface area contributed by atoms with E-state index >= 15 is 0 Å². The van der Waals surface area contributed by atoms with Crippen LogP contribution >= 0.6 is 0 Å². The molecule has 3 heterocycles. The minimum absolute atomic E-state index is 0.647. The second-order valence-corrected chi connectivity index (χ2v) is 14.6. The Balaban J connectivity index is 1.19. The fourth-order valence-corrected chi connectivity index (χ4v) is 9.00. The number of nitrogens with zero attached hydrogens (tertiary/aromatic N) is 4. The van der Waals surface area contributed by atoms with Gasteiger partial charge in [0.2, 0.25) is 5.95 Å². The van der Waals surface area contributed by atoms with Gasteiger partial charge in [0.15, 0.2) is 0 Å². The van der Waals surface area contributed by atoms with Crippen molar-refractivity contribution in [3.05, 3.63) is 194 Å². The van der Waals surface area contributed by atoms with Crippen LogP contribution in [0.4, 0.5) is 0 Å². The lowest BCUT2D eigenvalue weighted by Gasteiger charge is -2.13. The third-order valence-electron chi connectivity index (χ3n) is 11.5. The SMILES string of the molecule is c1ccc(-c2cccc(-c3nc(-n4c5ccccc5c5cc6c7c8ccc9ccccc9c8ccc7n(-c7ccccc7)c6cc54)nc4ccccc34)c2)cc1. The lowest BCUT2D eigenvalue weighted by Crippen LogP contribution is -2.03. The van der Waals surface area contributed by atoms with E-state index in [9.17, 15) is 0 Å². The standard InChI is InChI=1S/C52H32N4/c1-3-14-33(15-4-1)35-17-13-18-36(30-35)51-42-23-9-11-24-45(42)53-52(54-51)56-46-25-12-10-22-40(46)43-31-44-49(32-48(43)56)55(37-19-5-2-6-20-37)47-29-28-39-38-21-8-7-16-34(38)26-27-41(39)50(44)47/h1-32H. The molecular formula is C52H32N4. The first-order valence-electron chi connectivity index (χ1n) is 19.1. The van der Waals surface area contributed by atoms with E-state index in [1.54, 1.807) is 0 Å². The van der Waals surface area contributed by atoms with Crippen LogP contribution in [-0.4, -0.2) is 19.1 Å². The van der Waals surface area contributed by atoms with E-state index in [0.717, 1.165) is 50.0 Å². The van der Waals surface area contributed by atoms with E-state index in [2.05, 4.69) is 203 Å². The molecule has 0 unspecified atom stereocenters. The molecule has 4 heteroatoms. The molecule has 0 bridgehead atoms. The third-order valence-corrected chi connectivity index (χ3v) is 11.5. The summed E-state index contributed by atoms with van der Waals surface area (Å²) in [6, 6.07) is 69.6. The summed E-state index contributed by atoms with van der Waals surface area (Å²) in [6.45, 7) is 0. The Morgan fingerprint density at radius 1 is 0.321 bits per heavy atom. The van der Waals surface area contributed by atoms with Gasteiger partial charge in [0.25, 0.3) is 0 Å². The van der Waals surface area contributed by atoms with Crippen molar-refractivity contribution in [3.8, 4) is 34.0 Å². The Bertz CT molecular complexity index is 3520. The first kappa shape index (κ1) is 30.9. The second-order valence-electron chi connectivity index (χ2n) is 14.6. The summed E-state index contributed by atoms with van der Waals surface area (Å²) >= 11 is 0. The van der Waals surface area contributed by atoms with Crippen molar-refractivity contribution in [3.63, 3.8) is 0 Å². The summed E-state index contributed by atoms with van der Waals surface area (Å²) in [5, 5.41) is 10.9. The van der Waals surface area contributed by atoms with Crippen LogP contribution in [-0.2, 0) is 0 Å². The first-order valence-corrected chi connectivity index (χ1v) is 19.1. The van der Waals surface area contributed by atoms with Crippen LogP contribution in [0.3, 0.4) is 0 Å².